The predicted octanol–water partition coefficient (Wildman–Crippen LogP) is 1.42. The Labute approximate surface area is 123 Å². The molecule has 4 N–H and O–H groups in total. The summed E-state index contributed by atoms with van der Waals surface area (Å²) in [5, 5.41) is 4.96. The van der Waals surface area contributed by atoms with E-state index >= 15 is 0 Å². The van der Waals surface area contributed by atoms with E-state index in [4.69, 9.17) is 5.73 Å². The molecule has 0 saturated heterocycles. The van der Waals surface area contributed by atoms with Crippen molar-refractivity contribution in [2.45, 2.75) is 32.1 Å². The van der Waals surface area contributed by atoms with Crippen LogP contribution in [0.2, 0.25) is 0 Å². The van der Waals surface area contributed by atoms with Crippen molar-refractivity contribution in [2.24, 2.45) is 5.73 Å². The zero-order valence-electron chi connectivity index (χ0n) is 11.8. The molecule has 6 nitrogen and oxygen atoms in total. The fourth-order valence-corrected chi connectivity index (χ4v) is 2.25. The lowest BCUT2D eigenvalue weighted by Crippen LogP contribution is -2.19. The normalized spacial score (nSPS) is 13.0. The highest BCUT2D eigenvalue weighted by Crippen LogP contribution is 2.20. The van der Waals surface area contributed by atoms with Crippen LogP contribution in [-0.4, -0.2) is 24.3 Å². The molecule has 1 heterocycles. The Kier molecular flexibility index (Phi) is 5.05. The topological polar surface area (TPSA) is 101 Å². The largest absolute Gasteiger partial charge is 0.330 e. The number of hydrogen-bond donors (Lipinski definition) is 3. The first-order valence-corrected chi connectivity index (χ1v) is 7.11. The number of imide groups is 1. The summed E-state index contributed by atoms with van der Waals surface area (Å²) in [4.78, 5) is 34.7. The van der Waals surface area contributed by atoms with Crippen LogP contribution in [0.25, 0.3) is 0 Å². The van der Waals surface area contributed by atoms with Gasteiger partial charge in [0.15, 0.2) is 0 Å². The van der Waals surface area contributed by atoms with E-state index in [0.29, 0.717) is 29.8 Å². The molecular formula is C15H19N3O3. The van der Waals surface area contributed by atoms with E-state index < -0.39 is 11.8 Å². The van der Waals surface area contributed by atoms with Gasteiger partial charge < -0.3 is 11.1 Å². The van der Waals surface area contributed by atoms with Crippen molar-refractivity contribution in [3.05, 3.63) is 29.3 Å². The van der Waals surface area contributed by atoms with E-state index in [1.165, 1.54) is 6.07 Å². The van der Waals surface area contributed by atoms with Gasteiger partial charge in [-0.25, -0.2) is 0 Å². The molecule has 3 amide bonds. The molecule has 21 heavy (non-hydrogen) atoms. The number of nitrogens with two attached hydrogens (primary N) is 1. The maximum Gasteiger partial charge on any atom is 0.259 e. The quantitative estimate of drug-likeness (QED) is 0.522. The van der Waals surface area contributed by atoms with Gasteiger partial charge in [-0.05, 0) is 37.6 Å². The molecular weight excluding hydrogens is 270 g/mol. The number of hydrogen-bond acceptors (Lipinski definition) is 4. The zero-order chi connectivity index (χ0) is 15.2. The van der Waals surface area contributed by atoms with E-state index in [1.807, 2.05) is 0 Å². The monoisotopic (exact) mass is 289 g/mol. The minimum Gasteiger partial charge on any atom is -0.330 e. The van der Waals surface area contributed by atoms with Crippen LogP contribution in [0.1, 0.15) is 52.8 Å². The van der Waals surface area contributed by atoms with E-state index in [9.17, 15) is 14.4 Å². The molecule has 0 bridgehead atoms. The summed E-state index contributed by atoms with van der Waals surface area (Å²) in [6, 6.07) is 4.71. The summed E-state index contributed by atoms with van der Waals surface area (Å²) in [6.45, 7) is 0.683. The molecule has 1 aliphatic heterocycles. The SMILES string of the molecule is NCCCCCCC(=O)Nc1ccc2c(c1)C(=O)NC2=O. The third-order valence-corrected chi connectivity index (χ3v) is 3.38. The summed E-state index contributed by atoms with van der Waals surface area (Å²) in [5.74, 6) is -0.909. The molecule has 0 saturated carbocycles. The van der Waals surface area contributed by atoms with E-state index in [1.54, 1.807) is 12.1 Å². The van der Waals surface area contributed by atoms with E-state index in [0.717, 1.165) is 25.7 Å². The zero-order valence-corrected chi connectivity index (χ0v) is 11.8. The molecule has 2 rings (SSSR count). The van der Waals surface area contributed by atoms with Crippen LogP contribution in [0.5, 0.6) is 0 Å². The first-order chi connectivity index (χ1) is 10.1. The van der Waals surface area contributed by atoms with Gasteiger partial charge in [0.1, 0.15) is 0 Å². The number of anilines is 1. The molecule has 0 radical (unpaired) electrons. The minimum atomic E-state index is -0.423. The third kappa shape index (κ3) is 3.88. The molecule has 6 heteroatoms. The van der Waals surface area contributed by atoms with Gasteiger partial charge in [0.25, 0.3) is 11.8 Å². The lowest BCUT2D eigenvalue weighted by molar-refractivity contribution is -0.116. The van der Waals surface area contributed by atoms with Gasteiger partial charge in [-0.1, -0.05) is 12.8 Å². The van der Waals surface area contributed by atoms with Crippen LogP contribution in [0.15, 0.2) is 18.2 Å². The molecule has 0 unspecified atom stereocenters. The maximum atomic E-state index is 11.8. The van der Waals surface area contributed by atoms with Gasteiger partial charge in [0.2, 0.25) is 5.91 Å². The second-order valence-corrected chi connectivity index (χ2v) is 5.04. The first kappa shape index (κ1) is 15.2. The molecule has 0 aliphatic carbocycles. The Morgan fingerprint density at radius 2 is 1.76 bits per heavy atom. The van der Waals surface area contributed by atoms with Crippen molar-refractivity contribution in [1.82, 2.24) is 5.32 Å². The second-order valence-electron chi connectivity index (χ2n) is 5.04. The first-order valence-electron chi connectivity index (χ1n) is 7.11. The van der Waals surface area contributed by atoms with Gasteiger partial charge in [0.05, 0.1) is 11.1 Å². The summed E-state index contributed by atoms with van der Waals surface area (Å²) in [7, 11) is 0. The summed E-state index contributed by atoms with van der Waals surface area (Å²) in [5.41, 5.74) is 6.59. The Balaban J connectivity index is 1.86. The van der Waals surface area contributed by atoms with Crippen molar-refractivity contribution < 1.29 is 14.4 Å². The molecule has 1 aliphatic rings. The van der Waals surface area contributed by atoms with Crippen LogP contribution in [0.4, 0.5) is 5.69 Å². The Hall–Kier alpha value is -2.21. The molecule has 112 valence electrons. The highest BCUT2D eigenvalue weighted by atomic mass is 16.2. The van der Waals surface area contributed by atoms with Crippen molar-refractivity contribution in [2.75, 3.05) is 11.9 Å². The minimum absolute atomic E-state index is 0.0903. The second kappa shape index (κ2) is 6.99. The number of benzene rings is 1. The van der Waals surface area contributed by atoms with Gasteiger partial charge in [-0.2, -0.15) is 0 Å². The van der Waals surface area contributed by atoms with Gasteiger partial charge in [-0.15, -0.1) is 0 Å². The summed E-state index contributed by atoms with van der Waals surface area (Å²) < 4.78 is 0. The predicted molar refractivity (Wildman–Crippen MR) is 79.0 cm³/mol. The Morgan fingerprint density at radius 1 is 1.05 bits per heavy atom. The van der Waals surface area contributed by atoms with E-state index in [-0.39, 0.29) is 5.91 Å². The Morgan fingerprint density at radius 3 is 2.52 bits per heavy atom. The fraction of sp³-hybridized carbons (Fsp3) is 0.400. The van der Waals surface area contributed by atoms with Crippen molar-refractivity contribution in [3.8, 4) is 0 Å². The molecule has 0 aromatic heterocycles. The summed E-state index contributed by atoms with van der Waals surface area (Å²) in [6.07, 6.45) is 4.24. The van der Waals surface area contributed by atoms with Crippen LogP contribution < -0.4 is 16.4 Å². The van der Waals surface area contributed by atoms with Crippen LogP contribution in [0.3, 0.4) is 0 Å². The number of nitrogens with one attached hydrogen (secondary N) is 2. The average Bonchev–Trinajstić information content (AvgIpc) is 2.73. The lowest BCUT2D eigenvalue weighted by Gasteiger charge is -2.06. The van der Waals surface area contributed by atoms with Gasteiger partial charge in [-0.3, -0.25) is 19.7 Å². The van der Waals surface area contributed by atoms with Gasteiger partial charge >= 0.3 is 0 Å². The molecule has 0 fully saturated rings. The highest BCUT2D eigenvalue weighted by molar-refractivity contribution is 6.22. The third-order valence-electron chi connectivity index (χ3n) is 3.38. The molecule has 0 atom stereocenters. The number of fused-ring (bicyclic) bond motifs is 1. The Bertz CT molecular complexity index is 569. The summed E-state index contributed by atoms with van der Waals surface area (Å²) >= 11 is 0. The molecule has 1 aromatic carbocycles. The fourth-order valence-electron chi connectivity index (χ4n) is 2.25. The average molecular weight is 289 g/mol. The number of amides is 3. The highest BCUT2D eigenvalue weighted by Gasteiger charge is 2.26. The van der Waals surface area contributed by atoms with Crippen molar-refractivity contribution in [1.29, 1.82) is 0 Å². The van der Waals surface area contributed by atoms with Crippen LogP contribution in [0, 0.1) is 0 Å². The molecule has 1 aromatic rings. The van der Waals surface area contributed by atoms with Gasteiger partial charge in [0, 0.05) is 12.1 Å². The lowest BCUT2D eigenvalue weighted by atomic mass is 10.1. The van der Waals surface area contributed by atoms with Crippen LogP contribution in [-0.2, 0) is 4.79 Å². The van der Waals surface area contributed by atoms with Crippen LogP contribution >= 0.6 is 0 Å². The number of carbonyl (C=O) groups excluding carboxylic acids is 3. The number of unbranched alkanes of at least 4 members (excludes halogenated alkanes) is 3. The maximum absolute atomic E-state index is 11.8. The van der Waals surface area contributed by atoms with Crippen molar-refractivity contribution >= 4 is 23.4 Å². The number of rotatable bonds is 7. The van der Waals surface area contributed by atoms with Crippen molar-refractivity contribution in [3.63, 3.8) is 0 Å². The van der Waals surface area contributed by atoms with E-state index in [2.05, 4.69) is 10.6 Å². The number of carbonyl (C=O) groups is 3. The molecule has 0 spiro atoms. The smallest absolute Gasteiger partial charge is 0.259 e. The standard InChI is InChI=1S/C15H19N3O3/c16-8-4-2-1-3-5-13(19)17-10-6-7-11-12(9-10)15(21)18-14(11)20/h6-7,9H,1-5,8,16H2,(H,17,19)(H,18,20,21).